The summed E-state index contributed by atoms with van der Waals surface area (Å²) in [6, 6.07) is 5.06. The molecule has 2 N–H and O–H groups in total. The molecule has 0 radical (unpaired) electrons. The first kappa shape index (κ1) is 21.0. The van der Waals surface area contributed by atoms with Gasteiger partial charge in [-0.1, -0.05) is 13.8 Å². The smallest absolute Gasteiger partial charge is 0.319 e. The van der Waals surface area contributed by atoms with Crippen molar-refractivity contribution in [3.05, 3.63) is 18.2 Å². The Balaban J connectivity index is 2.25. The fourth-order valence-electron chi connectivity index (χ4n) is 2.77. The van der Waals surface area contributed by atoms with Gasteiger partial charge in [-0.3, -0.25) is 4.79 Å². The minimum Gasteiger partial charge on any atom is -0.490 e. The largest absolute Gasteiger partial charge is 0.490 e. The number of nitrogens with one attached hydrogen (secondary N) is 2. The molecule has 27 heavy (non-hydrogen) atoms. The Morgan fingerprint density at radius 3 is 2.78 bits per heavy atom. The van der Waals surface area contributed by atoms with Crippen molar-refractivity contribution in [2.75, 3.05) is 43.6 Å². The summed E-state index contributed by atoms with van der Waals surface area (Å²) < 4.78 is 10.8. The van der Waals surface area contributed by atoms with Gasteiger partial charge in [0.15, 0.2) is 0 Å². The van der Waals surface area contributed by atoms with Crippen molar-refractivity contribution in [3.8, 4) is 5.75 Å². The van der Waals surface area contributed by atoms with E-state index in [0.29, 0.717) is 49.3 Å². The highest BCUT2D eigenvalue weighted by Gasteiger charge is 2.37. The zero-order chi connectivity index (χ0) is 20.0. The second-order valence-electron chi connectivity index (χ2n) is 7.87. The molecule has 1 aromatic carbocycles. The van der Waals surface area contributed by atoms with E-state index in [1.165, 1.54) is 0 Å². The van der Waals surface area contributed by atoms with Gasteiger partial charge in [0.1, 0.15) is 12.4 Å². The monoisotopic (exact) mass is 377 g/mol. The lowest BCUT2D eigenvalue weighted by atomic mass is 9.92. The number of amides is 3. The predicted octanol–water partition coefficient (Wildman–Crippen LogP) is 3.25. The molecular formula is C20H31N3O4. The van der Waals surface area contributed by atoms with Crippen LogP contribution in [0.15, 0.2) is 18.2 Å². The molecule has 0 aliphatic carbocycles. The SMILES string of the molecule is COCCNC(=O)Nc1ccc2c(c1)N(CCC(C)C)C(=O)C(C)(C)CO2. The number of rotatable bonds is 7. The van der Waals surface area contributed by atoms with Crippen LogP contribution in [0.25, 0.3) is 0 Å². The summed E-state index contributed by atoms with van der Waals surface area (Å²) in [6.45, 7) is 9.85. The van der Waals surface area contributed by atoms with Gasteiger partial charge in [-0.15, -0.1) is 0 Å². The van der Waals surface area contributed by atoms with Gasteiger partial charge in [-0.05, 0) is 44.4 Å². The van der Waals surface area contributed by atoms with Gasteiger partial charge >= 0.3 is 6.03 Å². The highest BCUT2D eigenvalue weighted by Crippen LogP contribution is 2.38. The van der Waals surface area contributed by atoms with Gasteiger partial charge in [-0.2, -0.15) is 0 Å². The van der Waals surface area contributed by atoms with E-state index in [4.69, 9.17) is 9.47 Å². The number of carbonyl (C=O) groups excluding carboxylic acids is 2. The number of benzene rings is 1. The number of hydrogen-bond acceptors (Lipinski definition) is 4. The van der Waals surface area contributed by atoms with Crippen molar-refractivity contribution in [1.82, 2.24) is 5.32 Å². The molecule has 1 heterocycles. The molecule has 0 saturated heterocycles. The first-order valence-electron chi connectivity index (χ1n) is 9.37. The summed E-state index contributed by atoms with van der Waals surface area (Å²) in [5.41, 5.74) is 0.691. The normalized spacial score (nSPS) is 15.8. The minimum atomic E-state index is -0.610. The first-order chi connectivity index (χ1) is 12.7. The molecule has 0 saturated carbocycles. The lowest BCUT2D eigenvalue weighted by Gasteiger charge is -2.28. The molecule has 0 fully saturated rings. The molecule has 2 rings (SSSR count). The topological polar surface area (TPSA) is 79.9 Å². The highest BCUT2D eigenvalue weighted by atomic mass is 16.5. The number of hydrogen-bond donors (Lipinski definition) is 2. The van der Waals surface area contributed by atoms with Crippen LogP contribution in [0.2, 0.25) is 0 Å². The Bertz CT molecular complexity index is 673. The molecule has 150 valence electrons. The van der Waals surface area contributed by atoms with Crippen molar-refractivity contribution >= 4 is 23.3 Å². The van der Waals surface area contributed by atoms with Crippen LogP contribution in [0.4, 0.5) is 16.2 Å². The Labute approximate surface area is 161 Å². The van der Waals surface area contributed by atoms with Crippen LogP contribution in [0, 0.1) is 11.3 Å². The number of urea groups is 1. The molecule has 1 aliphatic rings. The fourth-order valence-corrected chi connectivity index (χ4v) is 2.77. The summed E-state index contributed by atoms with van der Waals surface area (Å²) in [6.07, 6.45) is 0.885. The summed E-state index contributed by atoms with van der Waals surface area (Å²) in [5.74, 6) is 1.16. The second-order valence-corrected chi connectivity index (χ2v) is 7.87. The molecule has 3 amide bonds. The molecule has 7 heteroatoms. The van der Waals surface area contributed by atoms with Crippen LogP contribution < -0.4 is 20.3 Å². The van der Waals surface area contributed by atoms with Gasteiger partial charge in [-0.25, -0.2) is 4.79 Å². The molecular weight excluding hydrogens is 346 g/mol. The van der Waals surface area contributed by atoms with Crippen LogP contribution >= 0.6 is 0 Å². The predicted molar refractivity (Wildman–Crippen MR) is 106 cm³/mol. The minimum absolute atomic E-state index is 0.0311. The zero-order valence-corrected chi connectivity index (χ0v) is 16.9. The quantitative estimate of drug-likeness (QED) is 0.715. The van der Waals surface area contributed by atoms with Gasteiger partial charge in [0.25, 0.3) is 0 Å². The summed E-state index contributed by atoms with van der Waals surface area (Å²) in [5, 5.41) is 5.50. The Morgan fingerprint density at radius 1 is 1.37 bits per heavy atom. The fraction of sp³-hybridized carbons (Fsp3) is 0.600. The molecule has 0 aromatic heterocycles. The van der Waals surface area contributed by atoms with E-state index >= 15 is 0 Å². The van der Waals surface area contributed by atoms with Gasteiger partial charge in [0.05, 0.1) is 17.7 Å². The van der Waals surface area contributed by atoms with Crippen molar-refractivity contribution in [1.29, 1.82) is 0 Å². The maximum atomic E-state index is 13.1. The molecule has 0 atom stereocenters. The maximum Gasteiger partial charge on any atom is 0.319 e. The Hall–Kier alpha value is -2.28. The molecule has 1 aliphatic heterocycles. The second kappa shape index (κ2) is 9.08. The molecule has 7 nitrogen and oxygen atoms in total. The number of ether oxygens (including phenoxy) is 2. The number of nitrogens with zero attached hydrogens (tertiary/aromatic N) is 1. The zero-order valence-electron chi connectivity index (χ0n) is 16.9. The summed E-state index contributed by atoms with van der Waals surface area (Å²) >= 11 is 0. The van der Waals surface area contributed by atoms with Gasteiger partial charge in [0.2, 0.25) is 5.91 Å². The summed E-state index contributed by atoms with van der Waals surface area (Å²) in [4.78, 5) is 26.9. The van der Waals surface area contributed by atoms with Gasteiger partial charge < -0.3 is 25.0 Å². The van der Waals surface area contributed by atoms with E-state index in [0.717, 1.165) is 6.42 Å². The van der Waals surface area contributed by atoms with Crippen molar-refractivity contribution in [2.45, 2.75) is 34.1 Å². The number of carbonyl (C=O) groups is 2. The van der Waals surface area contributed by atoms with Crippen molar-refractivity contribution in [2.24, 2.45) is 11.3 Å². The standard InChI is InChI=1S/C20H31N3O4/c1-14(2)8-10-23-16-12-15(22-19(25)21-9-11-26-5)6-7-17(16)27-13-20(3,4)18(23)24/h6-7,12,14H,8-11,13H2,1-5H3,(H2,21,22,25). The van der Waals surface area contributed by atoms with Crippen LogP contribution in [-0.4, -0.2) is 45.4 Å². The molecule has 0 unspecified atom stereocenters. The first-order valence-corrected chi connectivity index (χ1v) is 9.37. The average Bonchev–Trinajstić information content (AvgIpc) is 2.69. The van der Waals surface area contributed by atoms with E-state index in [9.17, 15) is 9.59 Å². The van der Waals surface area contributed by atoms with Crippen molar-refractivity contribution < 1.29 is 19.1 Å². The van der Waals surface area contributed by atoms with E-state index < -0.39 is 5.41 Å². The summed E-state index contributed by atoms with van der Waals surface area (Å²) in [7, 11) is 1.58. The number of methoxy groups -OCH3 is 1. The third-order valence-electron chi connectivity index (χ3n) is 4.44. The van der Waals surface area contributed by atoms with E-state index in [1.807, 2.05) is 13.8 Å². The van der Waals surface area contributed by atoms with Crippen LogP contribution in [0.3, 0.4) is 0 Å². The Morgan fingerprint density at radius 2 is 2.11 bits per heavy atom. The molecule has 0 bridgehead atoms. The van der Waals surface area contributed by atoms with Crippen LogP contribution in [0.1, 0.15) is 34.1 Å². The van der Waals surface area contributed by atoms with E-state index in [1.54, 1.807) is 30.2 Å². The lowest BCUT2D eigenvalue weighted by molar-refractivity contribution is -0.127. The number of anilines is 2. The lowest BCUT2D eigenvalue weighted by Crippen LogP contribution is -2.43. The van der Waals surface area contributed by atoms with Crippen molar-refractivity contribution in [3.63, 3.8) is 0 Å². The maximum absolute atomic E-state index is 13.1. The van der Waals surface area contributed by atoms with E-state index in [-0.39, 0.29) is 11.9 Å². The van der Waals surface area contributed by atoms with Gasteiger partial charge in [0, 0.05) is 25.9 Å². The number of fused-ring (bicyclic) bond motifs is 1. The van der Waals surface area contributed by atoms with E-state index in [2.05, 4.69) is 24.5 Å². The Kier molecular flexibility index (Phi) is 7.07. The van der Waals surface area contributed by atoms with Crippen LogP contribution in [0.5, 0.6) is 5.75 Å². The third kappa shape index (κ3) is 5.60. The average molecular weight is 377 g/mol. The molecule has 1 aromatic rings. The highest BCUT2D eigenvalue weighted by molar-refractivity contribution is 6.00. The third-order valence-corrected chi connectivity index (χ3v) is 4.44. The van der Waals surface area contributed by atoms with Crippen LogP contribution in [-0.2, 0) is 9.53 Å². The molecule has 0 spiro atoms.